The van der Waals surface area contributed by atoms with Crippen molar-refractivity contribution in [1.82, 2.24) is 4.98 Å². The van der Waals surface area contributed by atoms with Crippen LogP contribution in [0.4, 0.5) is 17.2 Å². The number of hydrogen-bond acceptors (Lipinski definition) is 5. The van der Waals surface area contributed by atoms with Gasteiger partial charge in [-0.05, 0) is 18.2 Å². The van der Waals surface area contributed by atoms with Gasteiger partial charge in [-0.3, -0.25) is 0 Å². The summed E-state index contributed by atoms with van der Waals surface area (Å²) in [5, 5.41) is 5.96. The Kier molecular flexibility index (Phi) is 3.52. The second-order valence-corrected chi connectivity index (χ2v) is 3.73. The Hall–Kier alpha value is -2.43. The lowest BCUT2D eigenvalue weighted by Crippen LogP contribution is -1.96. The first-order chi connectivity index (χ1) is 8.72. The van der Waals surface area contributed by atoms with Crippen molar-refractivity contribution in [2.45, 2.75) is 0 Å². The molecule has 0 saturated carbocycles. The fraction of sp³-hybridized carbons (Fsp3) is 0.154. The van der Waals surface area contributed by atoms with Crippen LogP contribution in [0.5, 0.6) is 11.5 Å². The van der Waals surface area contributed by atoms with E-state index in [1.54, 1.807) is 18.3 Å². The first kappa shape index (κ1) is 12.0. The molecule has 0 unspecified atom stereocenters. The minimum absolute atomic E-state index is 0.651. The summed E-state index contributed by atoms with van der Waals surface area (Å²) in [5.74, 6) is 2.16. The minimum atomic E-state index is 0.651. The lowest BCUT2D eigenvalue weighted by Gasteiger charge is -2.10. The summed E-state index contributed by atoms with van der Waals surface area (Å²) < 4.78 is 5.71. The van der Waals surface area contributed by atoms with Gasteiger partial charge in [0.1, 0.15) is 17.3 Å². The Morgan fingerprint density at radius 2 is 1.83 bits per heavy atom. The number of hydrogen-bond donors (Lipinski definition) is 3. The van der Waals surface area contributed by atoms with Crippen LogP contribution in [0.15, 0.2) is 36.5 Å². The van der Waals surface area contributed by atoms with Crippen molar-refractivity contribution in [1.29, 1.82) is 0 Å². The molecule has 0 spiro atoms. The summed E-state index contributed by atoms with van der Waals surface area (Å²) >= 11 is 0. The van der Waals surface area contributed by atoms with E-state index in [4.69, 9.17) is 10.5 Å². The summed E-state index contributed by atoms with van der Waals surface area (Å²) in [5.41, 5.74) is 7.41. The number of rotatable bonds is 4. The molecular formula is C13H16N4O. The van der Waals surface area contributed by atoms with Crippen LogP contribution < -0.4 is 21.1 Å². The Balaban J connectivity index is 2.20. The number of benzene rings is 1. The zero-order chi connectivity index (χ0) is 13.0. The molecule has 2 rings (SSSR count). The lowest BCUT2D eigenvalue weighted by atomic mass is 10.2. The molecule has 5 nitrogen and oxygen atoms in total. The topological polar surface area (TPSA) is 72.2 Å². The molecule has 4 N–H and O–H groups in total. The van der Waals surface area contributed by atoms with Crippen molar-refractivity contribution in [3.8, 4) is 11.5 Å². The average molecular weight is 244 g/mol. The molecule has 0 radical (unpaired) electrons. The van der Waals surface area contributed by atoms with Crippen molar-refractivity contribution < 1.29 is 4.74 Å². The summed E-state index contributed by atoms with van der Waals surface area (Å²) in [6, 6.07) is 9.14. The molecule has 5 heteroatoms. The Bertz CT molecular complexity index is 542. The van der Waals surface area contributed by atoms with Crippen LogP contribution in [0.1, 0.15) is 0 Å². The van der Waals surface area contributed by atoms with Gasteiger partial charge >= 0.3 is 0 Å². The Labute approximate surface area is 106 Å². The van der Waals surface area contributed by atoms with Gasteiger partial charge in [0.05, 0.1) is 11.4 Å². The smallest absolute Gasteiger partial charge is 0.132 e. The van der Waals surface area contributed by atoms with Gasteiger partial charge in [0.2, 0.25) is 0 Å². The van der Waals surface area contributed by atoms with Crippen LogP contribution in [-0.4, -0.2) is 19.1 Å². The molecule has 0 atom stereocenters. The van der Waals surface area contributed by atoms with Gasteiger partial charge in [-0.1, -0.05) is 0 Å². The Morgan fingerprint density at radius 1 is 1.06 bits per heavy atom. The maximum absolute atomic E-state index is 5.87. The Morgan fingerprint density at radius 3 is 2.50 bits per heavy atom. The van der Waals surface area contributed by atoms with Gasteiger partial charge in [0, 0.05) is 32.4 Å². The summed E-state index contributed by atoms with van der Waals surface area (Å²) in [4.78, 5) is 4.12. The van der Waals surface area contributed by atoms with Gasteiger partial charge < -0.3 is 21.1 Å². The van der Waals surface area contributed by atoms with Gasteiger partial charge in [-0.15, -0.1) is 0 Å². The van der Waals surface area contributed by atoms with Gasteiger partial charge in [-0.25, -0.2) is 4.98 Å². The van der Waals surface area contributed by atoms with E-state index in [-0.39, 0.29) is 0 Å². The van der Waals surface area contributed by atoms with Crippen LogP contribution >= 0.6 is 0 Å². The fourth-order valence-electron chi connectivity index (χ4n) is 1.58. The van der Waals surface area contributed by atoms with Crippen LogP contribution in [0.3, 0.4) is 0 Å². The average Bonchev–Trinajstić information content (AvgIpc) is 2.39. The number of pyridine rings is 1. The van der Waals surface area contributed by atoms with E-state index in [0.717, 1.165) is 11.5 Å². The predicted octanol–water partition coefficient (Wildman–Crippen LogP) is 2.54. The molecule has 0 amide bonds. The van der Waals surface area contributed by atoms with Crippen molar-refractivity contribution in [3.63, 3.8) is 0 Å². The first-order valence-electron chi connectivity index (χ1n) is 5.62. The number of ether oxygens (including phenoxy) is 1. The molecule has 18 heavy (non-hydrogen) atoms. The molecule has 0 saturated heterocycles. The highest BCUT2D eigenvalue weighted by atomic mass is 16.5. The number of nitrogens with two attached hydrogens (primary N) is 1. The maximum atomic E-state index is 5.87. The molecule has 1 aromatic carbocycles. The van der Waals surface area contributed by atoms with Crippen LogP contribution in [0.25, 0.3) is 0 Å². The van der Waals surface area contributed by atoms with Crippen molar-refractivity contribution in [3.05, 3.63) is 36.5 Å². The van der Waals surface area contributed by atoms with Crippen molar-refractivity contribution in [2.24, 2.45) is 0 Å². The number of nitrogens with zero attached hydrogens (tertiary/aromatic N) is 1. The molecule has 0 fully saturated rings. The minimum Gasteiger partial charge on any atom is -0.457 e. The SMILES string of the molecule is CNc1cc(Oc2ccc(NC)c(N)c2)ccn1. The van der Waals surface area contributed by atoms with Crippen molar-refractivity contribution in [2.75, 3.05) is 30.5 Å². The zero-order valence-electron chi connectivity index (χ0n) is 10.4. The second kappa shape index (κ2) is 5.27. The van der Waals surface area contributed by atoms with Gasteiger partial charge in [0.25, 0.3) is 0 Å². The van der Waals surface area contributed by atoms with E-state index in [9.17, 15) is 0 Å². The third-order valence-electron chi connectivity index (χ3n) is 2.52. The quantitative estimate of drug-likeness (QED) is 0.721. The normalized spacial score (nSPS) is 9.89. The molecule has 0 bridgehead atoms. The number of nitrogens with one attached hydrogen (secondary N) is 2. The third-order valence-corrected chi connectivity index (χ3v) is 2.52. The molecule has 94 valence electrons. The molecule has 0 aliphatic carbocycles. The molecule has 2 aromatic rings. The zero-order valence-corrected chi connectivity index (χ0v) is 10.4. The maximum Gasteiger partial charge on any atom is 0.132 e. The summed E-state index contributed by atoms with van der Waals surface area (Å²) in [6.45, 7) is 0. The fourth-order valence-corrected chi connectivity index (χ4v) is 1.58. The molecule has 1 aromatic heterocycles. The van der Waals surface area contributed by atoms with E-state index < -0.39 is 0 Å². The van der Waals surface area contributed by atoms with E-state index in [2.05, 4.69) is 15.6 Å². The van der Waals surface area contributed by atoms with Crippen molar-refractivity contribution >= 4 is 17.2 Å². The van der Waals surface area contributed by atoms with Crippen LogP contribution in [0.2, 0.25) is 0 Å². The highest BCUT2D eigenvalue weighted by molar-refractivity contribution is 5.68. The second-order valence-electron chi connectivity index (χ2n) is 3.73. The largest absolute Gasteiger partial charge is 0.457 e. The van der Waals surface area contributed by atoms with E-state index >= 15 is 0 Å². The van der Waals surface area contributed by atoms with E-state index in [1.807, 2.05) is 32.3 Å². The monoisotopic (exact) mass is 244 g/mol. The number of aromatic nitrogens is 1. The van der Waals surface area contributed by atoms with E-state index in [1.165, 1.54) is 0 Å². The highest BCUT2D eigenvalue weighted by Gasteiger charge is 2.02. The highest BCUT2D eigenvalue weighted by Crippen LogP contribution is 2.28. The summed E-state index contributed by atoms with van der Waals surface area (Å²) in [6.07, 6.45) is 1.69. The molecule has 0 aliphatic heterocycles. The first-order valence-corrected chi connectivity index (χ1v) is 5.62. The van der Waals surface area contributed by atoms with Crippen LogP contribution in [-0.2, 0) is 0 Å². The number of nitrogen functional groups attached to an aromatic ring is 1. The van der Waals surface area contributed by atoms with Crippen LogP contribution in [0, 0.1) is 0 Å². The van der Waals surface area contributed by atoms with Gasteiger partial charge in [0.15, 0.2) is 0 Å². The number of anilines is 3. The third kappa shape index (κ3) is 2.63. The standard InChI is InChI=1S/C13H16N4O/c1-15-12-4-3-9(7-11(12)14)18-10-5-6-17-13(8-10)16-2/h3-8,15H,14H2,1-2H3,(H,16,17). The molecular weight excluding hydrogens is 228 g/mol. The molecule has 1 heterocycles. The van der Waals surface area contributed by atoms with Gasteiger partial charge in [-0.2, -0.15) is 0 Å². The van der Waals surface area contributed by atoms with E-state index in [0.29, 0.717) is 17.2 Å². The summed E-state index contributed by atoms with van der Waals surface area (Å²) in [7, 11) is 3.64. The lowest BCUT2D eigenvalue weighted by molar-refractivity contribution is 0.482. The predicted molar refractivity (Wildman–Crippen MR) is 74.3 cm³/mol. The molecule has 0 aliphatic rings.